The lowest BCUT2D eigenvalue weighted by Crippen LogP contribution is -1.84. The summed E-state index contributed by atoms with van der Waals surface area (Å²) in [5, 5.41) is 2.96. The molecule has 0 fully saturated rings. The highest BCUT2D eigenvalue weighted by atomic mass is 79.9. The topological polar surface area (TPSA) is 26.3 Å². The maximum atomic E-state index is 10.7. The minimum atomic E-state index is 0.659. The number of hydrogen-bond donors (Lipinski definition) is 0. The molecule has 94 valence electrons. The number of hydrogen-bond acceptors (Lipinski definition) is 3. The number of benzene rings is 2. The lowest BCUT2D eigenvalue weighted by atomic mass is 10.1. The molecule has 0 aliphatic rings. The second kappa shape index (κ2) is 5.15. The lowest BCUT2D eigenvalue weighted by molar-refractivity contribution is 0.112. The molecule has 0 N–H and O–H groups in total. The van der Waals surface area contributed by atoms with Gasteiger partial charge >= 0.3 is 0 Å². The van der Waals surface area contributed by atoms with Crippen LogP contribution < -0.4 is 4.74 Å². The summed E-state index contributed by atoms with van der Waals surface area (Å²) in [7, 11) is 0. The third-order valence-corrected chi connectivity index (χ3v) is 4.46. The fourth-order valence-electron chi connectivity index (χ4n) is 1.85. The van der Waals surface area contributed by atoms with E-state index < -0.39 is 0 Å². The third-order valence-electron chi connectivity index (χ3n) is 2.76. The van der Waals surface area contributed by atoms with Crippen molar-refractivity contribution < 1.29 is 9.53 Å². The molecule has 0 bridgehead atoms. The maximum Gasteiger partial charge on any atom is 0.181 e. The Kier molecular flexibility index (Phi) is 3.36. The van der Waals surface area contributed by atoms with Crippen molar-refractivity contribution >= 4 is 44.3 Å². The predicted octanol–water partition coefficient (Wildman–Crippen LogP) is 5.27. The molecule has 0 atom stereocenters. The summed E-state index contributed by atoms with van der Waals surface area (Å²) in [6.07, 6.45) is 0.826. The van der Waals surface area contributed by atoms with Gasteiger partial charge in [-0.05, 0) is 44.9 Å². The Morgan fingerprint density at radius 2 is 1.89 bits per heavy atom. The summed E-state index contributed by atoms with van der Waals surface area (Å²) in [5.41, 5.74) is 0. The fourth-order valence-corrected chi connectivity index (χ4v) is 3.11. The van der Waals surface area contributed by atoms with Crippen molar-refractivity contribution in [1.82, 2.24) is 0 Å². The molecule has 0 aliphatic heterocycles. The molecule has 2 aromatic carbocycles. The second-order valence-corrected chi connectivity index (χ2v) is 5.85. The predicted molar refractivity (Wildman–Crippen MR) is 81.4 cm³/mol. The molecular weight excluding hydrogens is 324 g/mol. The zero-order chi connectivity index (χ0) is 13.2. The highest BCUT2D eigenvalue weighted by Gasteiger charge is 2.08. The molecule has 4 heteroatoms. The van der Waals surface area contributed by atoms with Crippen molar-refractivity contribution in [3.63, 3.8) is 0 Å². The Labute approximate surface area is 122 Å². The van der Waals surface area contributed by atoms with Gasteiger partial charge in [0.05, 0.1) is 9.35 Å². The van der Waals surface area contributed by atoms with E-state index in [0.29, 0.717) is 9.94 Å². The molecule has 0 amide bonds. The monoisotopic (exact) mass is 332 g/mol. The van der Waals surface area contributed by atoms with Crippen LogP contribution >= 0.6 is 27.3 Å². The first-order chi connectivity index (χ1) is 9.28. The molecule has 0 spiro atoms. The number of carbonyl (C=O) groups is 1. The number of carbonyl (C=O) groups excluding carboxylic acids is 1. The van der Waals surface area contributed by atoms with Crippen molar-refractivity contribution in [3.8, 4) is 10.8 Å². The Hall–Kier alpha value is -1.65. The molecule has 2 nitrogen and oxygen atoms in total. The highest BCUT2D eigenvalue weighted by Crippen LogP contribution is 2.37. The summed E-state index contributed by atoms with van der Waals surface area (Å²) in [4.78, 5) is 11.3. The van der Waals surface area contributed by atoms with Gasteiger partial charge in [-0.25, -0.2) is 0 Å². The Morgan fingerprint density at radius 3 is 2.68 bits per heavy atom. The van der Waals surface area contributed by atoms with Gasteiger partial charge in [-0.3, -0.25) is 4.79 Å². The van der Waals surface area contributed by atoms with Crippen LogP contribution in [0.1, 0.15) is 9.67 Å². The number of ether oxygens (including phenoxy) is 1. The Bertz CT molecular complexity index is 749. The number of halogens is 1. The van der Waals surface area contributed by atoms with E-state index in [2.05, 4.69) is 22.0 Å². The SMILES string of the molecule is O=Cc1ccc(Oc2ccc3ccccc3c2Br)s1. The van der Waals surface area contributed by atoms with Crippen molar-refractivity contribution in [2.75, 3.05) is 0 Å². The largest absolute Gasteiger partial charge is 0.445 e. The molecular formula is C15H9BrO2S. The van der Waals surface area contributed by atoms with Crippen LogP contribution in [0.5, 0.6) is 10.8 Å². The van der Waals surface area contributed by atoms with E-state index in [1.165, 1.54) is 11.3 Å². The Balaban J connectivity index is 2.01. The number of thiophene rings is 1. The normalized spacial score (nSPS) is 10.6. The summed E-state index contributed by atoms with van der Waals surface area (Å²) in [5.74, 6) is 0.748. The second-order valence-electron chi connectivity index (χ2n) is 3.98. The van der Waals surface area contributed by atoms with Crippen LogP contribution in [0.15, 0.2) is 53.0 Å². The first-order valence-corrected chi connectivity index (χ1v) is 7.29. The maximum absolute atomic E-state index is 10.7. The molecule has 3 rings (SSSR count). The molecule has 0 saturated carbocycles. The van der Waals surface area contributed by atoms with Gasteiger partial charge in [0.1, 0.15) is 5.75 Å². The van der Waals surface area contributed by atoms with Crippen LogP contribution in [0, 0.1) is 0 Å². The summed E-state index contributed by atoms with van der Waals surface area (Å²) in [6, 6.07) is 15.6. The Morgan fingerprint density at radius 1 is 1.05 bits per heavy atom. The number of fused-ring (bicyclic) bond motifs is 1. The van der Waals surface area contributed by atoms with Crippen LogP contribution in [0.25, 0.3) is 10.8 Å². The first kappa shape index (κ1) is 12.4. The van der Waals surface area contributed by atoms with Crippen molar-refractivity contribution in [2.45, 2.75) is 0 Å². The van der Waals surface area contributed by atoms with Crippen molar-refractivity contribution in [3.05, 3.63) is 57.9 Å². The summed E-state index contributed by atoms with van der Waals surface area (Å²) < 4.78 is 6.74. The quantitative estimate of drug-likeness (QED) is 0.611. The molecule has 19 heavy (non-hydrogen) atoms. The van der Waals surface area contributed by atoms with Gasteiger partial charge < -0.3 is 4.74 Å². The van der Waals surface area contributed by atoms with Gasteiger partial charge in [-0.2, -0.15) is 0 Å². The average molecular weight is 333 g/mol. The zero-order valence-corrected chi connectivity index (χ0v) is 12.2. The molecule has 3 aromatic rings. The van der Waals surface area contributed by atoms with E-state index in [1.54, 1.807) is 12.1 Å². The van der Waals surface area contributed by atoms with E-state index >= 15 is 0 Å². The number of aldehydes is 1. The molecule has 1 heterocycles. The minimum absolute atomic E-state index is 0.659. The number of rotatable bonds is 3. The van der Waals surface area contributed by atoms with Gasteiger partial charge in [0.15, 0.2) is 11.3 Å². The molecule has 0 unspecified atom stereocenters. The molecule has 0 aliphatic carbocycles. The van der Waals surface area contributed by atoms with Gasteiger partial charge in [0, 0.05) is 0 Å². The first-order valence-electron chi connectivity index (χ1n) is 5.68. The fraction of sp³-hybridized carbons (Fsp3) is 0. The van der Waals surface area contributed by atoms with E-state index in [-0.39, 0.29) is 0 Å². The van der Waals surface area contributed by atoms with Crippen molar-refractivity contribution in [1.29, 1.82) is 0 Å². The van der Waals surface area contributed by atoms with Gasteiger partial charge in [-0.15, -0.1) is 0 Å². The van der Waals surface area contributed by atoms with Crippen LogP contribution in [0.2, 0.25) is 0 Å². The standard InChI is InChI=1S/C15H9BrO2S/c16-15-12-4-2-1-3-10(12)5-7-13(15)18-14-8-6-11(9-17)19-14/h1-9H. The summed E-state index contributed by atoms with van der Waals surface area (Å²) >= 11 is 4.90. The van der Waals surface area contributed by atoms with Crippen LogP contribution in [-0.4, -0.2) is 6.29 Å². The van der Waals surface area contributed by atoms with E-state index in [9.17, 15) is 4.79 Å². The van der Waals surface area contributed by atoms with Crippen LogP contribution in [-0.2, 0) is 0 Å². The average Bonchev–Trinajstić information content (AvgIpc) is 2.90. The molecule has 0 radical (unpaired) electrons. The van der Waals surface area contributed by atoms with Crippen LogP contribution in [0.3, 0.4) is 0 Å². The van der Waals surface area contributed by atoms with Crippen LogP contribution in [0.4, 0.5) is 0 Å². The summed E-state index contributed by atoms with van der Waals surface area (Å²) in [6.45, 7) is 0. The van der Waals surface area contributed by atoms with E-state index in [4.69, 9.17) is 4.74 Å². The molecule has 0 saturated heterocycles. The van der Waals surface area contributed by atoms with Gasteiger partial charge in [0.2, 0.25) is 0 Å². The van der Waals surface area contributed by atoms with Crippen molar-refractivity contribution in [2.24, 2.45) is 0 Å². The lowest BCUT2D eigenvalue weighted by Gasteiger charge is -2.08. The van der Waals surface area contributed by atoms with Gasteiger partial charge in [0.25, 0.3) is 0 Å². The van der Waals surface area contributed by atoms with Gasteiger partial charge in [-0.1, -0.05) is 41.7 Å². The zero-order valence-electron chi connectivity index (χ0n) is 9.80. The minimum Gasteiger partial charge on any atom is -0.445 e. The highest BCUT2D eigenvalue weighted by molar-refractivity contribution is 9.10. The molecule has 1 aromatic heterocycles. The van der Waals surface area contributed by atoms with E-state index in [0.717, 1.165) is 27.3 Å². The smallest absolute Gasteiger partial charge is 0.181 e. The van der Waals surface area contributed by atoms with E-state index in [1.807, 2.05) is 30.3 Å². The third kappa shape index (κ3) is 2.41.